The van der Waals surface area contributed by atoms with Gasteiger partial charge in [-0.3, -0.25) is 4.79 Å². The van der Waals surface area contributed by atoms with Crippen LogP contribution in [-0.2, 0) is 11.1 Å². The van der Waals surface area contributed by atoms with Crippen molar-refractivity contribution in [3.05, 3.63) is 108 Å². The Morgan fingerprint density at radius 3 is 2.03 bits per heavy atom. The molecule has 0 aliphatic carbocycles. The molecule has 0 atom stereocenters. The van der Waals surface area contributed by atoms with Gasteiger partial charge in [0, 0.05) is 17.2 Å². The van der Waals surface area contributed by atoms with Crippen LogP contribution in [0.25, 0.3) is 0 Å². The quantitative estimate of drug-likeness (QED) is 0.283. The second-order valence-corrected chi connectivity index (χ2v) is 11.6. The highest BCUT2D eigenvalue weighted by molar-refractivity contribution is 7.78. The molecule has 1 aliphatic rings. The Morgan fingerprint density at radius 2 is 1.45 bits per heavy atom. The van der Waals surface area contributed by atoms with E-state index in [0.29, 0.717) is 39.2 Å². The Kier molecular flexibility index (Phi) is 7.38. The van der Waals surface area contributed by atoms with Gasteiger partial charge in [0.25, 0.3) is 5.91 Å². The van der Waals surface area contributed by atoms with Crippen LogP contribution in [0.1, 0.15) is 15.9 Å². The van der Waals surface area contributed by atoms with Gasteiger partial charge < -0.3 is 28.4 Å². The van der Waals surface area contributed by atoms with E-state index in [0.717, 1.165) is 5.56 Å². The average Bonchev–Trinajstić information content (AvgIpc) is 3.46. The number of methoxy groups -OCH3 is 2. The van der Waals surface area contributed by atoms with Crippen molar-refractivity contribution in [2.75, 3.05) is 27.3 Å². The summed E-state index contributed by atoms with van der Waals surface area (Å²) in [5.41, 5.74) is 1.17. The molecule has 0 spiro atoms. The minimum Gasteiger partial charge on any atom is -0.497 e. The molecule has 0 saturated heterocycles. The maximum atomic E-state index is 14.9. The molecule has 8 heteroatoms. The summed E-state index contributed by atoms with van der Waals surface area (Å²) in [6.45, 7) is 0.278. The molecular weight excluding hydrogens is 501 g/mol. The predicted molar refractivity (Wildman–Crippen MR) is 147 cm³/mol. The smallest absolute Gasteiger partial charge is 0.258 e. The molecule has 0 saturated carbocycles. The first-order valence-corrected chi connectivity index (χ1v) is 14.0. The van der Waals surface area contributed by atoms with E-state index < -0.39 is 7.14 Å². The van der Waals surface area contributed by atoms with Crippen LogP contribution >= 0.6 is 7.14 Å². The molecule has 0 bridgehead atoms. The van der Waals surface area contributed by atoms with E-state index in [-0.39, 0.29) is 25.5 Å². The second-order valence-electron chi connectivity index (χ2n) is 8.78. The van der Waals surface area contributed by atoms with Gasteiger partial charge >= 0.3 is 0 Å². The Hall–Kier alpha value is -4.22. The van der Waals surface area contributed by atoms with E-state index in [4.69, 9.17) is 18.9 Å². The van der Waals surface area contributed by atoms with Gasteiger partial charge in [-0.05, 0) is 29.8 Å². The Bertz CT molecular complexity index is 1410. The molecular formula is C30H28NO6P. The highest BCUT2D eigenvalue weighted by Crippen LogP contribution is 2.46. The molecule has 7 nitrogen and oxygen atoms in total. The fraction of sp³-hybridized carbons (Fsp3) is 0.167. The van der Waals surface area contributed by atoms with Crippen molar-refractivity contribution in [2.24, 2.45) is 0 Å². The molecule has 1 aliphatic heterocycles. The lowest BCUT2D eigenvalue weighted by Gasteiger charge is -2.29. The molecule has 5 rings (SSSR count). The Balaban J connectivity index is 1.60. The van der Waals surface area contributed by atoms with Gasteiger partial charge in [0.1, 0.15) is 5.75 Å². The summed E-state index contributed by atoms with van der Waals surface area (Å²) < 4.78 is 36.9. The van der Waals surface area contributed by atoms with Gasteiger partial charge in [0.15, 0.2) is 18.6 Å². The summed E-state index contributed by atoms with van der Waals surface area (Å²) in [6, 6.07) is 29.5. The summed E-state index contributed by atoms with van der Waals surface area (Å²) in [5, 5.41) is 1.35. The molecule has 4 aromatic carbocycles. The number of carbonyl (C=O) groups excluding carboxylic acids is 1. The third-order valence-corrected chi connectivity index (χ3v) is 9.47. The Labute approximate surface area is 221 Å². The van der Waals surface area contributed by atoms with E-state index in [1.165, 1.54) is 7.11 Å². The average molecular weight is 530 g/mol. The minimum atomic E-state index is -3.26. The van der Waals surface area contributed by atoms with Gasteiger partial charge in [0.05, 0.1) is 26.1 Å². The van der Waals surface area contributed by atoms with Crippen molar-refractivity contribution < 1.29 is 28.3 Å². The fourth-order valence-electron chi connectivity index (χ4n) is 4.52. The van der Waals surface area contributed by atoms with Crippen molar-refractivity contribution in [2.45, 2.75) is 6.54 Å². The van der Waals surface area contributed by atoms with Crippen molar-refractivity contribution in [1.82, 2.24) is 4.90 Å². The van der Waals surface area contributed by atoms with Gasteiger partial charge in [-0.15, -0.1) is 0 Å². The van der Waals surface area contributed by atoms with E-state index >= 15 is 0 Å². The number of carbonyl (C=O) groups is 1. The van der Waals surface area contributed by atoms with E-state index in [1.807, 2.05) is 84.9 Å². The van der Waals surface area contributed by atoms with E-state index in [1.54, 1.807) is 24.1 Å². The number of benzene rings is 4. The summed E-state index contributed by atoms with van der Waals surface area (Å²) in [7, 11) is -0.172. The summed E-state index contributed by atoms with van der Waals surface area (Å²) in [5.74, 6) is 1.57. The molecule has 4 aromatic rings. The highest BCUT2D eigenvalue weighted by atomic mass is 31.2. The largest absolute Gasteiger partial charge is 0.497 e. The molecule has 38 heavy (non-hydrogen) atoms. The van der Waals surface area contributed by atoms with Crippen molar-refractivity contribution in [3.63, 3.8) is 0 Å². The number of hydrogen-bond acceptors (Lipinski definition) is 6. The van der Waals surface area contributed by atoms with E-state index in [9.17, 15) is 9.36 Å². The first kappa shape index (κ1) is 25.4. The van der Waals surface area contributed by atoms with Crippen molar-refractivity contribution in [1.29, 1.82) is 0 Å². The van der Waals surface area contributed by atoms with Gasteiger partial charge in [-0.25, -0.2) is 0 Å². The first-order valence-electron chi connectivity index (χ1n) is 12.1. The lowest BCUT2D eigenvalue weighted by atomic mass is 10.1. The predicted octanol–water partition coefficient (Wildman–Crippen LogP) is 5.05. The van der Waals surface area contributed by atoms with Crippen molar-refractivity contribution in [3.8, 4) is 23.0 Å². The van der Waals surface area contributed by atoms with Crippen LogP contribution in [0.3, 0.4) is 0 Å². The third kappa shape index (κ3) is 4.98. The van der Waals surface area contributed by atoms with Gasteiger partial charge in [-0.2, -0.15) is 0 Å². The highest BCUT2D eigenvalue weighted by Gasteiger charge is 2.34. The number of fused-ring (bicyclic) bond motifs is 1. The van der Waals surface area contributed by atoms with Crippen LogP contribution < -0.4 is 29.6 Å². The van der Waals surface area contributed by atoms with Crippen LogP contribution in [0.15, 0.2) is 97.1 Å². The third-order valence-electron chi connectivity index (χ3n) is 6.46. The van der Waals surface area contributed by atoms with Gasteiger partial charge in [-0.1, -0.05) is 72.8 Å². The van der Waals surface area contributed by atoms with Crippen LogP contribution in [0.2, 0.25) is 0 Å². The standard InChI is InChI=1S/C30H28NO6P/c1-34-23-15-13-22(14-16-23)19-31(30(32)26-17-18-27-29(28(26)35-2)37-21-36-27)20-38(33,24-9-5-3-6-10-24)25-11-7-4-8-12-25/h3-18H,19-21H2,1-2H3. The second kappa shape index (κ2) is 11.0. The molecule has 1 amide bonds. The Morgan fingerprint density at radius 1 is 0.816 bits per heavy atom. The SMILES string of the molecule is COc1ccc(CN(CP(=O)(c2ccccc2)c2ccccc2)C(=O)c2ccc3c(c2OC)OCO3)cc1. The number of rotatable bonds is 9. The molecule has 1 heterocycles. The number of nitrogens with zero attached hydrogens (tertiary/aromatic N) is 1. The minimum absolute atomic E-state index is 0.0104. The number of hydrogen-bond donors (Lipinski definition) is 0. The zero-order valence-corrected chi connectivity index (χ0v) is 22.1. The number of ether oxygens (including phenoxy) is 4. The molecule has 0 radical (unpaired) electrons. The van der Waals surface area contributed by atoms with Crippen LogP contribution in [0.5, 0.6) is 23.0 Å². The van der Waals surface area contributed by atoms with Crippen LogP contribution in [0, 0.1) is 0 Å². The molecule has 194 valence electrons. The van der Waals surface area contributed by atoms with Crippen LogP contribution in [0.4, 0.5) is 0 Å². The lowest BCUT2D eigenvalue weighted by Crippen LogP contribution is -2.35. The molecule has 0 aromatic heterocycles. The molecule has 0 unspecified atom stereocenters. The van der Waals surface area contributed by atoms with E-state index in [2.05, 4.69) is 0 Å². The zero-order valence-electron chi connectivity index (χ0n) is 21.2. The van der Waals surface area contributed by atoms with Gasteiger partial charge in [0.2, 0.25) is 12.5 Å². The normalized spacial score (nSPS) is 12.2. The summed E-state index contributed by atoms with van der Waals surface area (Å²) in [4.78, 5) is 15.8. The van der Waals surface area contributed by atoms with Crippen LogP contribution in [-0.4, -0.2) is 38.1 Å². The maximum absolute atomic E-state index is 14.9. The molecule has 0 fully saturated rings. The maximum Gasteiger partial charge on any atom is 0.258 e. The fourth-order valence-corrected chi connectivity index (χ4v) is 7.16. The monoisotopic (exact) mass is 529 g/mol. The topological polar surface area (TPSA) is 74.3 Å². The summed E-state index contributed by atoms with van der Waals surface area (Å²) in [6.07, 6.45) is -0.0104. The first-order chi connectivity index (χ1) is 18.5. The molecule has 0 N–H and O–H groups in total. The zero-order chi connectivity index (χ0) is 26.5. The summed E-state index contributed by atoms with van der Waals surface area (Å²) >= 11 is 0. The number of amides is 1. The lowest BCUT2D eigenvalue weighted by molar-refractivity contribution is 0.0768. The van der Waals surface area contributed by atoms with Crippen molar-refractivity contribution >= 4 is 23.7 Å².